The van der Waals surface area contributed by atoms with Gasteiger partial charge in [-0.1, -0.05) is 0 Å². The highest BCUT2D eigenvalue weighted by atomic mass is 19.4. The minimum absolute atomic E-state index is 0.0224. The van der Waals surface area contributed by atoms with Crippen molar-refractivity contribution in [1.82, 2.24) is 9.88 Å². The van der Waals surface area contributed by atoms with Gasteiger partial charge in [0, 0.05) is 18.7 Å². The highest BCUT2D eigenvalue weighted by Gasteiger charge is 2.36. The van der Waals surface area contributed by atoms with Crippen LogP contribution in [0.2, 0.25) is 0 Å². The van der Waals surface area contributed by atoms with Crippen molar-refractivity contribution in [2.45, 2.75) is 31.3 Å². The minimum Gasteiger partial charge on any atom is -0.471 e. The van der Waals surface area contributed by atoms with Gasteiger partial charge in [0.15, 0.2) is 0 Å². The molecule has 1 aromatic heterocycles. The summed E-state index contributed by atoms with van der Waals surface area (Å²) >= 11 is 0. The normalized spacial score (nSPS) is 16.2. The number of halogens is 6. The second-order valence-corrected chi connectivity index (χ2v) is 5.03. The van der Waals surface area contributed by atoms with E-state index < -0.39 is 42.8 Å². The minimum atomic E-state index is -4.53. The number of carbonyl (C=O) groups excluding carboxylic acids is 1. The summed E-state index contributed by atoms with van der Waals surface area (Å²) in [5.41, 5.74) is -0.917. The number of pyridine rings is 1. The predicted octanol–water partition coefficient (Wildman–Crippen LogP) is 3.03. The topological polar surface area (TPSA) is 42.4 Å². The molecular weight excluding hydrogens is 330 g/mol. The molecule has 0 aliphatic carbocycles. The number of nitrogens with zero attached hydrogens (tertiary/aromatic N) is 2. The third kappa shape index (κ3) is 5.00. The summed E-state index contributed by atoms with van der Waals surface area (Å²) < 4.78 is 78.8. The number of hydrogen-bond acceptors (Lipinski definition) is 3. The molecule has 0 bridgehead atoms. The van der Waals surface area contributed by atoms with Gasteiger partial charge in [-0.3, -0.25) is 4.79 Å². The molecule has 0 unspecified atom stereocenters. The van der Waals surface area contributed by atoms with Crippen LogP contribution in [0.4, 0.5) is 26.3 Å². The molecule has 23 heavy (non-hydrogen) atoms. The van der Waals surface area contributed by atoms with Crippen molar-refractivity contribution in [1.29, 1.82) is 0 Å². The Morgan fingerprint density at radius 2 is 1.91 bits per heavy atom. The number of hydrogen-bond donors (Lipinski definition) is 0. The van der Waals surface area contributed by atoms with Gasteiger partial charge in [-0.05, 0) is 6.07 Å². The van der Waals surface area contributed by atoms with Crippen LogP contribution in [0.5, 0.6) is 5.88 Å². The number of carbonyl (C=O) groups is 1. The van der Waals surface area contributed by atoms with Crippen molar-refractivity contribution in [3.63, 3.8) is 0 Å². The molecule has 2 rings (SSSR count). The summed E-state index contributed by atoms with van der Waals surface area (Å²) in [6.45, 7) is 0.0449. The first-order chi connectivity index (χ1) is 10.5. The number of amides is 1. The maximum atomic E-state index is 12.5. The highest BCUT2D eigenvalue weighted by molar-refractivity contribution is 5.77. The summed E-state index contributed by atoms with van der Waals surface area (Å²) in [6.07, 6.45) is -10.4. The van der Waals surface area contributed by atoms with E-state index in [1.165, 1.54) is 0 Å². The molecule has 2 heterocycles. The summed E-state index contributed by atoms with van der Waals surface area (Å²) in [5.74, 6) is -0.911. The van der Waals surface area contributed by atoms with Crippen LogP contribution >= 0.6 is 0 Å². The fourth-order valence-corrected chi connectivity index (χ4v) is 1.94. The molecule has 4 nitrogen and oxygen atoms in total. The summed E-state index contributed by atoms with van der Waals surface area (Å²) in [7, 11) is 0. The Hall–Kier alpha value is -2.00. The second-order valence-electron chi connectivity index (χ2n) is 5.03. The fourth-order valence-electron chi connectivity index (χ4n) is 1.94. The van der Waals surface area contributed by atoms with E-state index in [0.29, 0.717) is 0 Å². The third-order valence-electron chi connectivity index (χ3n) is 3.17. The molecule has 1 fully saturated rings. The molecule has 10 heteroatoms. The summed E-state index contributed by atoms with van der Waals surface area (Å²) in [4.78, 5) is 16.3. The lowest BCUT2D eigenvalue weighted by molar-refractivity contribution is -0.154. The van der Waals surface area contributed by atoms with Gasteiger partial charge in [0.1, 0.15) is 6.10 Å². The van der Waals surface area contributed by atoms with E-state index in [9.17, 15) is 31.1 Å². The maximum absolute atomic E-state index is 12.5. The standard InChI is InChI=1S/C13H12F6N2O2/c14-12(15,16)3-1-11(22)21-6-9(7-21)23-10-5-8(2-4-20-10)13(17,18)19/h2,4-5,9H,1,3,6-7H2. The van der Waals surface area contributed by atoms with E-state index in [1.807, 2.05) is 0 Å². The van der Waals surface area contributed by atoms with Crippen LogP contribution in [0.1, 0.15) is 18.4 Å². The molecule has 0 spiro atoms. The van der Waals surface area contributed by atoms with Crippen LogP contribution < -0.4 is 4.74 Å². The van der Waals surface area contributed by atoms with Crippen molar-refractivity contribution in [3.8, 4) is 5.88 Å². The average Bonchev–Trinajstić information content (AvgIpc) is 2.38. The lowest BCUT2D eigenvalue weighted by Gasteiger charge is -2.38. The number of likely N-dealkylation sites (tertiary alicyclic amines) is 1. The van der Waals surface area contributed by atoms with E-state index in [1.54, 1.807) is 0 Å². The van der Waals surface area contributed by atoms with Crippen LogP contribution in [0, 0.1) is 0 Å². The molecule has 0 N–H and O–H groups in total. The van der Waals surface area contributed by atoms with Crippen molar-refractivity contribution < 1.29 is 35.9 Å². The molecule has 1 amide bonds. The maximum Gasteiger partial charge on any atom is 0.416 e. The lowest BCUT2D eigenvalue weighted by Crippen LogP contribution is -2.56. The molecule has 1 aromatic rings. The van der Waals surface area contributed by atoms with Crippen LogP contribution in [-0.2, 0) is 11.0 Å². The van der Waals surface area contributed by atoms with E-state index in [0.717, 1.165) is 23.2 Å². The van der Waals surface area contributed by atoms with Crippen LogP contribution in [0.15, 0.2) is 18.3 Å². The molecule has 0 radical (unpaired) electrons. The van der Waals surface area contributed by atoms with Crippen molar-refractivity contribution in [2.75, 3.05) is 13.1 Å². The third-order valence-corrected chi connectivity index (χ3v) is 3.17. The molecule has 0 aromatic carbocycles. The molecule has 1 saturated heterocycles. The van der Waals surface area contributed by atoms with Crippen molar-refractivity contribution in [2.24, 2.45) is 0 Å². The molecule has 1 aliphatic heterocycles. The van der Waals surface area contributed by atoms with E-state index in [-0.39, 0.29) is 19.0 Å². The van der Waals surface area contributed by atoms with Crippen LogP contribution in [-0.4, -0.2) is 41.2 Å². The zero-order valence-electron chi connectivity index (χ0n) is 11.6. The Bertz CT molecular complexity index is 566. The number of alkyl halides is 6. The van der Waals surface area contributed by atoms with E-state index in [4.69, 9.17) is 4.74 Å². The largest absolute Gasteiger partial charge is 0.471 e. The quantitative estimate of drug-likeness (QED) is 0.790. The van der Waals surface area contributed by atoms with Gasteiger partial charge in [-0.25, -0.2) is 4.98 Å². The monoisotopic (exact) mass is 342 g/mol. The van der Waals surface area contributed by atoms with Gasteiger partial charge in [-0.15, -0.1) is 0 Å². The van der Waals surface area contributed by atoms with Crippen molar-refractivity contribution in [3.05, 3.63) is 23.9 Å². The first-order valence-electron chi connectivity index (χ1n) is 6.59. The number of ether oxygens (including phenoxy) is 1. The second kappa shape index (κ2) is 6.25. The van der Waals surface area contributed by atoms with Gasteiger partial charge in [0.25, 0.3) is 0 Å². The zero-order valence-corrected chi connectivity index (χ0v) is 11.6. The molecular formula is C13H12F6N2O2. The van der Waals surface area contributed by atoms with Gasteiger partial charge in [-0.2, -0.15) is 26.3 Å². The molecule has 128 valence electrons. The Morgan fingerprint density at radius 1 is 1.26 bits per heavy atom. The smallest absolute Gasteiger partial charge is 0.416 e. The SMILES string of the molecule is O=C(CCC(F)(F)F)N1CC(Oc2cc(C(F)(F)F)ccn2)C1. The molecule has 0 saturated carbocycles. The molecule has 0 atom stereocenters. The Morgan fingerprint density at radius 3 is 2.48 bits per heavy atom. The number of aromatic nitrogens is 1. The zero-order chi connectivity index (χ0) is 17.3. The number of rotatable bonds is 4. The van der Waals surface area contributed by atoms with Crippen LogP contribution in [0.25, 0.3) is 0 Å². The Labute approximate surface area is 127 Å². The Kier molecular flexibility index (Phi) is 4.71. The fraction of sp³-hybridized carbons (Fsp3) is 0.538. The summed E-state index contributed by atoms with van der Waals surface area (Å²) in [6, 6.07) is 1.52. The first-order valence-corrected chi connectivity index (χ1v) is 6.59. The van der Waals surface area contributed by atoms with Gasteiger partial charge in [0.05, 0.1) is 25.1 Å². The van der Waals surface area contributed by atoms with E-state index >= 15 is 0 Å². The highest BCUT2D eigenvalue weighted by Crippen LogP contribution is 2.31. The Balaban J connectivity index is 1.81. The van der Waals surface area contributed by atoms with Gasteiger partial charge < -0.3 is 9.64 Å². The summed E-state index contributed by atoms with van der Waals surface area (Å²) in [5, 5.41) is 0. The van der Waals surface area contributed by atoms with E-state index in [2.05, 4.69) is 4.98 Å². The van der Waals surface area contributed by atoms with Crippen LogP contribution in [0.3, 0.4) is 0 Å². The average molecular weight is 342 g/mol. The van der Waals surface area contributed by atoms with Crippen molar-refractivity contribution >= 4 is 5.91 Å². The lowest BCUT2D eigenvalue weighted by atomic mass is 10.1. The van der Waals surface area contributed by atoms with Gasteiger partial charge in [0.2, 0.25) is 11.8 Å². The predicted molar refractivity (Wildman–Crippen MR) is 65.5 cm³/mol. The molecule has 1 aliphatic rings. The first kappa shape index (κ1) is 17.4. The van der Waals surface area contributed by atoms with Gasteiger partial charge >= 0.3 is 12.4 Å².